The Morgan fingerprint density at radius 1 is 0.405 bits per heavy atom. The van der Waals surface area contributed by atoms with Crippen molar-refractivity contribution in [2.45, 2.75) is 194 Å². The van der Waals surface area contributed by atoms with Crippen LogP contribution in [0.25, 0.3) is 0 Å². The summed E-state index contributed by atoms with van der Waals surface area (Å²) in [6.07, 6.45) is 46.5. The topological polar surface area (TPSA) is 74.6 Å². The minimum atomic E-state index is -0.675. The first-order valence-electron chi connectivity index (χ1n) is 17.9. The molecule has 0 saturated heterocycles. The predicted molar refractivity (Wildman–Crippen MR) is 183 cm³/mol. The molecule has 0 aliphatic carbocycles. The number of allylic oxidation sites excluding steroid dienone is 6. The van der Waals surface area contributed by atoms with Gasteiger partial charge in [-0.25, -0.2) is 0 Å². The molecule has 0 aliphatic rings. The van der Waals surface area contributed by atoms with Crippen molar-refractivity contribution in [2.75, 3.05) is 0 Å². The number of carboxylic acids is 2. The van der Waals surface area contributed by atoms with Gasteiger partial charge in [-0.05, 0) is 44.9 Å². The Hall–Kier alpha value is -1.84. The molecule has 0 fully saturated rings. The quantitative estimate of drug-likeness (QED) is 0.0622. The zero-order chi connectivity index (χ0) is 31.2. The summed E-state index contributed by atoms with van der Waals surface area (Å²) in [4.78, 5) is 20.7. The molecule has 0 unspecified atom stereocenters. The van der Waals surface area contributed by atoms with Gasteiger partial charge < -0.3 is 10.2 Å². The highest BCUT2D eigenvalue weighted by atomic mass is 16.4. The van der Waals surface area contributed by atoms with Crippen LogP contribution >= 0.6 is 0 Å². The van der Waals surface area contributed by atoms with E-state index in [1.54, 1.807) is 0 Å². The van der Waals surface area contributed by atoms with Gasteiger partial charge in [0.2, 0.25) is 0 Å². The number of rotatable bonds is 31. The molecule has 0 amide bonds. The Labute approximate surface area is 261 Å². The van der Waals surface area contributed by atoms with Gasteiger partial charge in [0, 0.05) is 12.8 Å². The molecule has 0 aromatic rings. The molecule has 246 valence electrons. The third kappa shape index (κ3) is 45.2. The maximum absolute atomic E-state index is 10.4. The zero-order valence-corrected chi connectivity index (χ0v) is 28.0. The Morgan fingerprint density at radius 2 is 0.714 bits per heavy atom. The molecule has 0 heterocycles. The van der Waals surface area contributed by atoms with Crippen LogP contribution in [0.4, 0.5) is 0 Å². The molecule has 4 heteroatoms. The van der Waals surface area contributed by atoms with E-state index in [1.165, 1.54) is 109 Å². The fraction of sp³-hybridized carbons (Fsp3) is 0.789. The van der Waals surface area contributed by atoms with Crippen molar-refractivity contribution < 1.29 is 19.8 Å². The molecule has 0 radical (unpaired) electrons. The van der Waals surface area contributed by atoms with Gasteiger partial charge >= 0.3 is 11.9 Å². The van der Waals surface area contributed by atoms with Gasteiger partial charge in [-0.1, -0.05) is 172 Å². The van der Waals surface area contributed by atoms with E-state index in [2.05, 4.69) is 50.3 Å². The molecule has 4 nitrogen and oxygen atoms in total. The Morgan fingerprint density at radius 3 is 1.07 bits per heavy atom. The number of carboxylic acid groups (broad SMARTS) is 2. The highest BCUT2D eigenvalue weighted by Gasteiger charge is 1.98. The first-order valence-corrected chi connectivity index (χ1v) is 17.9. The van der Waals surface area contributed by atoms with Gasteiger partial charge in [-0.15, -0.1) is 0 Å². The van der Waals surface area contributed by atoms with Crippen molar-refractivity contribution in [1.29, 1.82) is 0 Å². The summed E-state index contributed by atoms with van der Waals surface area (Å²) in [5.41, 5.74) is 0. The summed E-state index contributed by atoms with van der Waals surface area (Å²) in [7, 11) is 0. The molecule has 0 aliphatic heterocycles. The average molecular weight is 591 g/mol. The number of carbonyl (C=O) groups is 2. The average Bonchev–Trinajstić information content (AvgIpc) is 2.97. The normalized spacial score (nSPS) is 11.5. The van der Waals surface area contributed by atoms with Gasteiger partial charge in [0.05, 0.1) is 0 Å². The minimum absolute atomic E-state index is 0.319. The van der Waals surface area contributed by atoms with Crippen molar-refractivity contribution in [3.8, 4) is 0 Å². The second-order valence-corrected chi connectivity index (χ2v) is 11.8. The van der Waals surface area contributed by atoms with Crippen LogP contribution in [0.15, 0.2) is 36.5 Å². The molecule has 0 aromatic carbocycles. The van der Waals surface area contributed by atoms with Gasteiger partial charge in [0.1, 0.15) is 0 Å². The molecule has 42 heavy (non-hydrogen) atoms. The SMILES string of the molecule is CC/C=C\C/C=C\C/C=C\CCCCCCCC(=O)O.CCCCCCCCCCCCCCCCCCCC(=O)O. The Bertz CT molecular complexity index is 635. The van der Waals surface area contributed by atoms with Crippen LogP contribution in [0.1, 0.15) is 194 Å². The molecule has 0 saturated carbocycles. The van der Waals surface area contributed by atoms with Crippen molar-refractivity contribution in [3.63, 3.8) is 0 Å². The summed E-state index contributed by atoms with van der Waals surface area (Å²) in [6, 6.07) is 0. The number of hydrogen-bond acceptors (Lipinski definition) is 2. The molecule has 0 rings (SSSR count). The lowest BCUT2D eigenvalue weighted by molar-refractivity contribution is -0.138. The fourth-order valence-corrected chi connectivity index (χ4v) is 4.90. The summed E-state index contributed by atoms with van der Waals surface area (Å²) in [5.74, 6) is -1.33. The first kappa shape index (κ1) is 42.3. The Kier molecular flexibility index (Phi) is 39.4. The van der Waals surface area contributed by atoms with E-state index in [0.29, 0.717) is 12.8 Å². The van der Waals surface area contributed by atoms with Gasteiger partial charge in [0.25, 0.3) is 0 Å². The highest BCUT2D eigenvalue weighted by molar-refractivity contribution is 5.66. The molecule has 0 aromatic heterocycles. The number of aliphatic carboxylic acids is 2. The van der Waals surface area contributed by atoms with E-state index in [1.807, 2.05) is 0 Å². The lowest BCUT2D eigenvalue weighted by Crippen LogP contribution is -1.93. The Balaban J connectivity index is 0. The fourth-order valence-electron chi connectivity index (χ4n) is 4.90. The lowest BCUT2D eigenvalue weighted by Gasteiger charge is -2.03. The smallest absolute Gasteiger partial charge is 0.303 e. The maximum Gasteiger partial charge on any atom is 0.303 e. The largest absolute Gasteiger partial charge is 0.481 e. The molecule has 0 bridgehead atoms. The van der Waals surface area contributed by atoms with Crippen molar-refractivity contribution >= 4 is 11.9 Å². The van der Waals surface area contributed by atoms with E-state index >= 15 is 0 Å². The van der Waals surface area contributed by atoms with Crippen molar-refractivity contribution in [1.82, 2.24) is 0 Å². The third-order valence-corrected chi connectivity index (χ3v) is 7.54. The van der Waals surface area contributed by atoms with E-state index in [9.17, 15) is 9.59 Å². The van der Waals surface area contributed by atoms with Gasteiger partial charge in [0.15, 0.2) is 0 Å². The third-order valence-electron chi connectivity index (χ3n) is 7.54. The van der Waals surface area contributed by atoms with E-state index in [4.69, 9.17) is 10.2 Å². The predicted octanol–water partition coefficient (Wildman–Crippen LogP) is 12.8. The van der Waals surface area contributed by atoms with Crippen molar-refractivity contribution in [2.24, 2.45) is 0 Å². The minimum Gasteiger partial charge on any atom is -0.481 e. The van der Waals surface area contributed by atoms with Gasteiger partial charge in [-0.2, -0.15) is 0 Å². The van der Waals surface area contributed by atoms with Crippen LogP contribution in [0.3, 0.4) is 0 Å². The molecule has 2 N–H and O–H groups in total. The van der Waals surface area contributed by atoms with Crippen LogP contribution in [0.5, 0.6) is 0 Å². The van der Waals surface area contributed by atoms with Crippen molar-refractivity contribution in [3.05, 3.63) is 36.5 Å². The summed E-state index contributed by atoms with van der Waals surface area (Å²) < 4.78 is 0. The van der Waals surface area contributed by atoms with Crippen LogP contribution in [-0.4, -0.2) is 22.2 Å². The summed E-state index contributed by atoms with van der Waals surface area (Å²) in [6.45, 7) is 4.43. The lowest BCUT2D eigenvalue weighted by atomic mass is 10.0. The maximum atomic E-state index is 10.4. The standard InChI is InChI=1S/C20H40O2.C18H30O2/c1-2-3-4-5-6-7-8-9-10-11-12-13-14-15-16-17-18-19-20(21)22;1-2-3-4-5-6-7-8-9-10-11-12-13-14-15-16-17-18(19)20/h2-19H2,1H3,(H,21,22);3-4,6-7,9-10H,2,5,8,11-17H2,1H3,(H,19,20)/b;4-3-,7-6-,10-9-. The molecular weight excluding hydrogens is 520 g/mol. The summed E-state index contributed by atoms with van der Waals surface area (Å²) in [5, 5.41) is 17.0. The monoisotopic (exact) mass is 591 g/mol. The van der Waals surface area contributed by atoms with E-state index in [-0.39, 0.29) is 0 Å². The van der Waals surface area contributed by atoms with Crippen LogP contribution in [0.2, 0.25) is 0 Å². The zero-order valence-electron chi connectivity index (χ0n) is 28.0. The number of hydrogen-bond donors (Lipinski definition) is 2. The van der Waals surface area contributed by atoms with Gasteiger partial charge in [-0.3, -0.25) is 9.59 Å². The molecular formula is C38H70O4. The first-order chi connectivity index (χ1) is 20.5. The van der Waals surface area contributed by atoms with E-state index < -0.39 is 11.9 Å². The van der Waals surface area contributed by atoms with Crippen LogP contribution in [-0.2, 0) is 9.59 Å². The molecule has 0 atom stereocenters. The molecule has 0 spiro atoms. The van der Waals surface area contributed by atoms with Crippen LogP contribution < -0.4 is 0 Å². The summed E-state index contributed by atoms with van der Waals surface area (Å²) >= 11 is 0. The second kappa shape index (κ2) is 39.2. The van der Waals surface area contributed by atoms with E-state index in [0.717, 1.165) is 57.8 Å². The van der Waals surface area contributed by atoms with Crippen LogP contribution in [0, 0.1) is 0 Å². The highest BCUT2D eigenvalue weighted by Crippen LogP contribution is 2.14. The number of unbranched alkanes of at least 4 members (excludes halogenated alkanes) is 21. The second-order valence-electron chi connectivity index (χ2n) is 11.8.